The second kappa shape index (κ2) is 9.49. The number of pyridine rings is 1. The minimum absolute atomic E-state index is 0. The molecule has 0 spiro atoms. The molecule has 0 bridgehead atoms. The van der Waals surface area contributed by atoms with Crippen LogP contribution in [-0.4, -0.2) is 30.3 Å². The van der Waals surface area contributed by atoms with Crippen molar-refractivity contribution in [3.8, 4) is 5.88 Å². The Kier molecular flexibility index (Phi) is 8.83. The molecule has 1 rings (SSSR count). The van der Waals surface area contributed by atoms with E-state index in [1.165, 1.54) is 12.3 Å². The smallest absolute Gasteiger partial charge is 0.422 e. The van der Waals surface area contributed by atoms with Crippen molar-refractivity contribution < 1.29 is 17.9 Å². The van der Waals surface area contributed by atoms with Gasteiger partial charge < -0.3 is 15.8 Å². The molecule has 1 aromatic rings. The predicted octanol–water partition coefficient (Wildman–Crippen LogP) is 2.62. The molecule has 0 aliphatic rings. The largest absolute Gasteiger partial charge is 0.468 e. The van der Waals surface area contributed by atoms with Crippen molar-refractivity contribution in [2.45, 2.75) is 19.6 Å². The van der Waals surface area contributed by atoms with Crippen LogP contribution in [0, 0.1) is 0 Å². The molecule has 0 atom stereocenters. The molecule has 0 aliphatic heterocycles. The van der Waals surface area contributed by atoms with E-state index in [-0.39, 0.29) is 42.4 Å². The van der Waals surface area contributed by atoms with Crippen molar-refractivity contribution in [3.05, 3.63) is 36.0 Å². The van der Waals surface area contributed by atoms with Crippen LogP contribution in [-0.2, 0) is 6.54 Å². The van der Waals surface area contributed by atoms with Crippen molar-refractivity contribution in [1.82, 2.24) is 10.3 Å². The highest BCUT2D eigenvalue weighted by Crippen LogP contribution is 2.17. The minimum atomic E-state index is -4.38. The van der Waals surface area contributed by atoms with Crippen LogP contribution in [0.3, 0.4) is 0 Å². The Hall–Kier alpha value is -1.52. The lowest BCUT2D eigenvalue weighted by atomic mass is 10.3. The van der Waals surface area contributed by atoms with E-state index in [2.05, 4.69) is 26.6 Å². The Balaban J connectivity index is 0.00000441. The molecule has 0 saturated carbocycles. The van der Waals surface area contributed by atoms with Crippen molar-refractivity contribution >= 4 is 29.9 Å². The van der Waals surface area contributed by atoms with Gasteiger partial charge in [-0.25, -0.2) is 9.98 Å². The van der Waals surface area contributed by atoms with Crippen LogP contribution < -0.4 is 15.8 Å². The number of halogens is 4. The lowest BCUT2D eigenvalue weighted by Gasteiger charge is -2.08. The average molecular weight is 430 g/mol. The van der Waals surface area contributed by atoms with Crippen LogP contribution in [0.1, 0.15) is 12.5 Å². The summed E-state index contributed by atoms with van der Waals surface area (Å²) in [5.41, 5.74) is 7.24. The zero-order valence-electron chi connectivity index (χ0n) is 12.0. The van der Waals surface area contributed by atoms with Gasteiger partial charge in [0.1, 0.15) is 0 Å². The third-order valence-electron chi connectivity index (χ3n) is 2.18. The minimum Gasteiger partial charge on any atom is -0.468 e. The molecule has 1 aromatic heterocycles. The van der Waals surface area contributed by atoms with E-state index in [0.29, 0.717) is 12.1 Å². The maximum atomic E-state index is 12.0. The van der Waals surface area contributed by atoms with Gasteiger partial charge in [0.2, 0.25) is 5.88 Å². The van der Waals surface area contributed by atoms with Gasteiger partial charge in [-0.2, -0.15) is 13.2 Å². The van der Waals surface area contributed by atoms with Crippen LogP contribution in [0.25, 0.3) is 0 Å². The number of nitrogens with one attached hydrogen (secondary N) is 1. The molecular weight excluding hydrogens is 412 g/mol. The first-order valence-electron chi connectivity index (χ1n) is 6.09. The zero-order chi connectivity index (χ0) is 15.9. The third kappa shape index (κ3) is 9.42. The molecule has 5 nitrogen and oxygen atoms in total. The summed E-state index contributed by atoms with van der Waals surface area (Å²) in [4.78, 5) is 7.83. The summed E-state index contributed by atoms with van der Waals surface area (Å²) in [6.07, 6.45) is -2.99. The summed E-state index contributed by atoms with van der Waals surface area (Å²) in [6, 6.07) is 2.93. The van der Waals surface area contributed by atoms with Gasteiger partial charge in [0.15, 0.2) is 12.6 Å². The maximum Gasteiger partial charge on any atom is 0.422 e. The first-order valence-corrected chi connectivity index (χ1v) is 6.09. The second-order valence-electron chi connectivity index (χ2n) is 4.42. The Morgan fingerprint density at radius 2 is 2.14 bits per heavy atom. The molecule has 9 heteroatoms. The summed E-state index contributed by atoms with van der Waals surface area (Å²) in [5.74, 6) is 0.170. The molecular formula is C13H18F3IN4O. The van der Waals surface area contributed by atoms with E-state index >= 15 is 0 Å². The summed E-state index contributed by atoms with van der Waals surface area (Å²) in [5, 5.41) is 2.86. The highest BCUT2D eigenvalue weighted by atomic mass is 127. The van der Waals surface area contributed by atoms with Crippen molar-refractivity contribution in [1.29, 1.82) is 0 Å². The molecule has 0 amide bonds. The fraction of sp³-hybridized carbons (Fsp3) is 0.385. The molecule has 22 heavy (non-hydrogen) atoms. The number of aliphatic imine (C=N–C) groups is 1. The second-order valence-corrected chi connectivity index (χ2v) is 4.42. The molecule has 0 saturated heterocycles. The van der Waals surface area contributed by atoms with Crippen molar-refractivity contribution in [3.63, 3.8) is 0 Å². The molecule has 3 N–H and O–H groups in total. The van der Waals surface area contributed by atoms with E-state index in [1.807, 2.05) is 6.92 Å². The quantitative estimate of drug-likeness (QED) is 0.315. The number of hydrogen-bond donors (Lipinski definition) is 2. The number of nitrogens with two attached hydrogens (primary N) is 1. The summed E-state index contributed by atoms with van der Waals surface area (Å²) in [6.45, 7) is 4.99. The molecule has 0 aliphatic carbocycles. The van der Waals surface area contributed by atoms with Gasteiger partial charge in [-0.3, -0.25) is 0 Å². The number of guanidine groups is 1. The first kappa shape index (κ1) is 20.5. The molecule has 0 fully saturated rings. The van der Waals surface area contributed by atoms with Crippen LogP contribution in [0.4, 0.5) is 13.2 Å². The Labute approximate surface area is 143 Å². The van der Waals surface area contributed by atoms with Crippen LogP contribution in [0.2, 0.25) is 0 Å². The number of alkyl halides is 3. The number of hydrogen-bond acceptors (Lipinski definition) is 3. The van der Waals surface area contributed by atoms with Gasteiger partial charge in [0.05, 0.1) is 6.54 Å². The SMILES string of the molecule is C=C(C)CNC(N)=NCc1ccc(OCC(F)(F)F)nc1.I. The third-order valence-corrected chi connectivity index (χ3v) is 2.18. The van der Waals surface area contributed by atoms with E-state index in [0.717, 1.165) is 5.57 Å². The average Bonchev–Trinajstić information content (AvgIpc) is 2.41. The molecule has 124 valence electrons. The van der Waals surface area contributed by atoms with Gasteiger partial charge in [-0.05, 0) is 12.5 Å². The molecule has 1 heterocycles. The Bertz CT molecular complexity index is 503. The zero-order valence-corrected chi connectivity index (χ0v) is 14.3. The first-order chi connectivity index (χ1) is 9.76. The standard InChI is InChI=1S/C13H17F3N4O.HI/c1-9(2)5-19-12(17)20-7-10-3-4-11(18-6-10)21-8-13(14,15)16;/h3-4,6H,1,5,7-8H2,2H3,(H3,17,19,20);1H. The maximum absolute atomic E-state index is 12.0. The van der Waals surface area contributed by atoms with E-state index in [1.54, 1.807) is 6.07 Å². The Morgan fingerprint density at radius 1 is 1.45 bits per heavy atom. The van der Waals surface area contributed by atoms with E-state index in [9.17, 15) is 13.2 Å². The van der Waals surface area contributed by atoms with Gasteiger partial charge in [0.25, 0.3) is 0 Å². The number of aromatic nitrogens is 1. The predicted molar refractivity (Wildman–Crippen MR) is 89.3 cm³/mol. The normalized spacial score (nSPS) is 11.5. The van der Waals surface area contributed by atoms with Gasteiger partial charge >= 0.3 is 6.18 Å². The lowest BCUT2D eigenvalue weighted by Crippen LogP contribution is -2.32. The van der Waals surface area contributed by atoms with Crippen molar-refractivity contribution in [2.24, 2.45) is 10.7 Å². The Morgan fingerprint density at radius 3 is 2.64 bits per heavy atom. The molecule has 0 unspecified atom stereocenters. The molecule has 0 aromatic carbocycles. The van der Waals surface area contributed by atoms with E-state index < -0.39 is 12.8 Å². The topological polar surface area (TPSA) is 72.5 Å². The fourth-order valence-corrected chi connectivity index (χ4v) is 1.22. The number of ether oxygens (including phenoxy) is 1. The fourth-order valence-electron chi connectivity index (χ4n) is 1.22. The number of rotatable bonds is 6. The number of nitrogens with zero attached hydrogens (tertiary/aromatic N) is 2. The van der Waals surface area contributed by atoms with E-state index in [4.69, 9.17) is 5.73 Å². The van der Waals surface area contributed by atoms with Gasteiger partial charge in [-0.15, -0.1) is 24.0 Å². The van der Waals surface area contributed by atoms with Crippen LogP contribution in [0.15, 0.2) is 35.5 Å². The highest BCUT2D eigenvalue weighted by Gasteiger charge is 2.28. The monoisotopic (exact) mass is 430 g/mol. The van der Waals surface area contributed by atoms with Crippen LogP contribution in [0.5, 0.6) is 5.88 Å². The summed E-state index contributed by atoms with van der Waals surface area (Å²) < 4.78 is 40.4. The summed E-state index contributed by atoms with van der Waals surface area (Å²) >= 11 is 0. The van der Waals surface area contributed by atoms with Gasteiger partial charge in [0, 0.05) is 18.8 Å². The van der Waals surface area contributed by atoms with Crippen LogP contribution >= 0.6 is 24.0 Å². The summed E-state index contributed by atoms with van der Waals surface area (Å²) in [7, 11) is 0. The molecule has 0 radical (unpaired) electrons. The van der Waals surface area contributed by atoms with Crippen molar-refractivity contribution in [2.75, 3.05) is 13.2 Å². The van der Waals surface area contributed by atoms with Gasteiger partial charge in [-0.1, -0.05) is 18.2 Å². The lowest BCUT2D eigenvalue weighted by molar-refractivity contribution is -0.154. The highest BCUT2D eigenvalue weighted by molar-refractivity contribution is 14.0.